The van der Waals surface area contributed by atoms with Crippen LogP contribution in [0.4, 0.5) is 0 Å². The van der Waals surface area contributed by atoms with E-state index in [4.69, 9.17) is 10.00 Å². The van der Waals surface area contributed by atoms with Crippen LogP contribution in [0.3, 0.4) is 0 Å². The molecular weight excluding hydrogens is 402 g/mol. The Morgan fingerprint density at radius 3 is 2.66 bits per heavy atom. The maximum atomic E-state index is 13.0. The predicted molar refractivity (Wildman–Crippen MR) is 123 cm³/mol. The molecule has 166 valence electrons. The zero-order chi connectivity index (χ0) is 22.4. The molecule has 0 bridgehead atoms. The molecule has 1 saturated heterocycles. The van der Waals surface area contributed by atoms with Gasteiger partial charge in [0, 0.05) is 31.1 Å². The Labute approximate surface area is 189 Å². The summed E-state index contributed by atoms with van der Waals surface area (Å²) in [5.41, 5.74) is 1.67. The maximum absolute atomic E-state index is 13.0. The Hall–Kier alpha value is -3.53. The van der Waals surface area contributed by atoms with Gasteiger partial charge in [0.25, 0.3) is 5.91 Å². The highest BCUT2D eigenvalue weighted by molar-refractivity contribution is 5.97. The lowest BCUT2D eigenvalue weighted by Gasteiger charge is -2.43. The minimum atomic E-state index is -0.130. The first-order chi connectivity index (χ1) is 15.7. The van der Waals surface area contributed by atoms with E-state index in [1.54, 1.807) is 19.2 Å². The van der Waals surface area contributed by atoms with Gasteiger partial charge in [0.2, 0.25) is 12.2 Å². The van der Waals surface area contributed by atoms with Crippen LogP contribution in [0.25, 0.3) is 0 Å². The van der Waals surface area contributed by atoms with E-state index in [1.165, 1.54) is 5.56 Å². The van der Waals surface area contributed by atoms with Crippen LogP contribution in [-0.2, 0) is 5.41 Å². The molecule has 2 aromatic rings. The summed E-state index contributed by atoms with van der Waals surface area (Å²) < 4.78 is 5.36. The molecule has 0 aromatic heterocycles. The number of hydrogen-bond donors (Lipinski definition) is 2. The van der Waals surface area contributed by atoms with Crippen molar-refractivity contribution in [2.45, 2.75) is 37.1 Å². The summed E-state index contributed by atoms with van der Waals surface area (Å²) in [7, 11) is 1.58. The summed E-state index contributed by atoms with van der Waals surface area (Å²) >= 11 is 0. The summed E-state index contributed by atoms with van der Waals surface area (Å²) in [6, 6.07) is 18.1. The van der Waals surface area contributed by atoms with E-state index in [0.717, 1.165) is 38.8 Å². The first-order valence-electron chi connectivity index (χ1n) is 11.1. The number of nitrogens with one attached hydrogen (secondary N) is 2. The number of ether oxygens (including phenoxy) is 1. The number of guanidine groups is 1. The Bertz CT molecular complexity index is 1010. The van der Waals surface area contributed by atoms with E-state index in [9.17, 15) is 4.79 Å². The van der Waals surface area contributed by atoms with E-state index >= 15 is 0 Å². The van der Waals surface area contributed by atoms with Crippen molar-refractivity contribution >= 4 is 11.9 Å². The van der Waals surface area contributed by atoms with Crippen LogP contribution in [0.15, 0.2) is 59.6 Å². The van der Waals surface area contributed by atoms with Gasteiger partial charge in [-0.15, -0.1) is 4.99 Å². The number of carbonyl (C=O) groups excluding carboxylic acids is 1. The van der Waals surface area contributed by atoms with Crippen molar-refractivity contribution in [2.75, 3.05) is 26.7 Å². The third-order valence-corrected chi connectivity index (χ3v) is 6.74. The van der Waals surface area contributed by atoms with E-state index in [-0.39, 0.29) is 11.3 Å². The number of para-hydroxylation sites is 1. The average molecular weight is 432 g/mol. The van der Waals surface area contributed by atoms with Crippen LogP contribution >= 0.6 is 0 Å². The van der Waals surface area contributed by atoms with E-state index < -0.39 is 0 Å². The topological polar surface area (TPSA) is 89.8 Å². The van der Waals surface area contributed by atoms with Gasteiger partial charge in [-0.2, -0.15) is 5.26 Å². The maximum Gasteiger partial charge on any atom is 0.255 e. The molecule has 7 nitrogen and oxygen atoms in total. The molecule has 0 atom stereocenters. The fourth-order valence-corrected chi connectivity index (χ4v) is 5.01. The van der Waals surface area contributed by atoms with Gasteiger partial charge in [-0.1, -0.05) is 42.5 Å². The molecule has 1 heterocycles. The molecule has 0 radical (unpaired) electrons. The molecule has 2 aliphatic rings. The Morgan fingerprint density at radius 2 is 1.94 bits per heavy atom. The molecule has 1 saturated carbocycles. The quantitative estimate of drug-likeness (QED) is 0.686. The minimum absolute atomic E-state index is 0.118. The molecular formula is C25H29N5O2. The van der Waals surface area contributed by atoms with Gasteiger partial charge in [0.15, 0.2) is 0 Å². The molecule has 1 aliphatic carbocycles. The van der Waals surface area contributed by atoms with Gasteiger partial charge in [-0.25, -0.2) is 0 Å². The zero-order valence-corrected chi connectivity index (χ0v) is 18.4. The molecule has 1 aliphatic heterocycles. The first-order valence-corrected chi connectivity index (χ1v) is 11.1. The second-order valence-corrected chi connectivity index (χ2v) is 8.42. The van der Waals surface area contributed by atoms with Crippen molar-refractivity contribution in [3.63, 3.8) is 0 Å². The first kappa shape index (κ1) is 21.7. The highest BCUT2D eigenvalue weighted by atomic mass is 16.5. The number of methoxy groups -OCH3 is 1. The minimum Gasteiger partial charge on any atom is -0.496 e. The monoisotopic (exact) mass is 431 g/mol. The Kier molecular flexibility index (Phi) is 6.60. The number of rotatable bonds is 6. The standard InChI is InChI=1S/C25H29N5O2/c1-32-22-10-6-5-9-21(22)23(31)28-17-25(19-7-3-2-4-8-19)13-11-20(12-14-25)30-16-15-27-24(30)29-18-26/h2-10,20H,11-17H2,1H3,(H,27,29)(H,28,31)/t20-,25-. The van der Waals surface area contributed by atoms with E-state index in [2.05, 4.69) is 44.8 Å². The fourth-order valence-electron chi connectivity index (χ4n) is 5.01. The second-order valence-electron chi connectivity index (χ2n) is 8.42. The number of benzene rings is 2. The van der Waals surface area contributed by atoms with Crippen molar-refractivity contribution in [3.05, 3.63) is 65.7 Å². The summed E-state index contributed by atoms with van der Waals surface area (Å²) in [5.74, 6) is 1.15. The molecule has 2 aromatic carbocycles. The van der Waals surface area contributed by atoms with Crippen LogP contribution < -0.4 is 15.4 Å². The van der Waals surface area contributed by atoms with Crippen LogP contribution in [0.5, 0.6) is 5.75 Å². The van der Waals surface area contributed by atoms with E-state index in [0.29, 0.717) is 29.9 Å². The third kappa shape index (κ3) is 4.40. The van der Waals surface area contributed by atoms with Crippen molar-refractivity contribution in [2.24, 2.45) is 4.99 Å². The molecule has 32 heavy (non-hydrogen) atoms. The highest BCUT2D eigenvalue weighted by Crippen LogP contribution is 2.41. The van der Waals surface area contributed by atoms with Crippen molar-refractivity contribution in [1.29, 1.82) is 5.26 Å². The van der Waals surface area contributed by atoms with Gasteiger partial charge >= 0.3 is 0 Å². The van der Waals surface area contributed by atoms with Crippen molar-refractivity contribution in [3.8, 4) is 11.9 Å². The molecule has 2 N–H and O–H groups in total. The molecule has 0 unspecified atom stereocenters. The Balaban J connectivity index is 1.50. The van der Waals surface area contributed by atoms with Gasteiger partial charge in [-0.05, 0) is 43.4 Å². The molecule has 1 amide bonds. The normalized spacial score (nSPS) is 23.9. The third-order valence-electron chi connectivity index (χ3n) is 6.74. The number of hydrogen-bond acceptors (Lipinski definition) is 4. The van der Waals surface area contributed by atoms with Gasteiger partial charge in [0.1, 0.15) is 5.75 Å². The smallest absolute Gasteiger partial charge is 0.255 e. The SMILES string of the molecule is COc1ccccc1C(=O)NC[C@]1(c2ccccc2)CC[C@H](N2CCN/C2=N\C#N)CC1. The summed E-state index contributed by atoms with van der Waals surface area (Å²) in [5, 5.41) is 15.4. The van der Waals surface area contributed by atoms with Crippen LogP contribution in [-0.4, -0.2) is 49.6 Å². The average Bonchev–Trinajstić information content (AvgIpc) is 3.32. The highest BCUT2D eigenvalue weighted by Gasteiger charge is 2.40. The van der Waals surface area contributed by atoms with Crippen LogP contribution in [0.2, 0.25) is 0 Å². The predicted octanol–water partition coefficient (Wildman–Crippen LogP) is 3.05. The summed E-state index contributed by atoms with van der Waals surface area (Å²) in [6.07, 6.45) is 5.76. The molecule has 4 rings (SSSR count). The number of aliphatic imine (C=N–C) groups is 1. The van der Waals surface area contributed by atoms with Gasteiger partial charge in [-0.3, -0.25) is 4.79 Å². The summed E-state index contributed by atoms with van der Waals surface area (Å²) in [4.78, 5) is 19.2. The Morgan fingerprint density at radius 1 is 1.22 bits per heavy atom. The number of nitriles is 1. The molecule has 2 fully saturated rings. The van der Waals surface area contributed by atoms with Crippen molar-refractivity contribution < 1.29 is 9.53 Å². The van der Waals surface area contributed by atoms with Crippen molar-refractivity contribution in [1.82, 2.24) is 15.5 Å². The zero-order valence-electron chi connectivity index (χ0n) is 18.4. The van der Waals surface area contributed by atoms with Crippen LogP contribution in [0.1, 0.15) is 41.6 Å². The number of carbonyl (C=O) groups is 1. The molecule has 0 spiro atoms. The number of amides is 1. The summed E-state index contributed by atoms with van der Waals surface area (Å²) in [6.45, 7) is 2.25. The van der Waals surface area contributed by atoms with Crippen LogP contribution in [0, 0.1) is 11.5 Å². The lowest BCUT2D eigenvalue weighted by molar-refractivity contribution is 0.0927. The lowest BCUT2D eigenvalue weighted by atomic mass is 9.68. The molecule has 7 heteroatoms. The number of nitrogens with zero attached hydrogens (tertiary/aromatic N) is 3. The largest absolute Gasteiger partial charge is 0.496 e. The van der Waals surface area contributed by atoms with Gasteiger partial charge < -0.3 is 20.3 Å². The lowest BCUT2D eigenvalue weighted by Crippen LogP contribution is -2.48. The second kappa shape index (κ2) is 9.73. The van der Waals surface area contributed by atoms with E-state index in [1.807, 2.05) is 24.4 Å². The van der Waals surface area contributed by atoms with Gasteiger partial charge in [0.05, 0.1) is 12.7 Å². The fraction of sp³-hybridized carbons (Fsp3) is 0.400.